The fraction of sp³-hybridized carbons (Fsp3) is 0.250. The first kappa shape index (κ1) is 24.1. The standard InChI is InChI=1S/C24H23FN4O5S/c1-32-18-10-14(11-19(33-2)22(18)34-3)4-9-20(30)26-24-28-27-23(35-24)15-12-21(31)29(13-15)17-7-5-16(25)6-8-17/h4-11,15H,12-13H2,1-3H3,(H,26,28,30)/b9-4+. The van der Waals surface area contributed by atoms with Gasteiger partial charge in [0.15, 0.2) is 11.5 Å². The monoisotopic (exact) mass is 498 g/mol. The number of hydrogen-bond donors (Lipinski definition) is 1. The first-order valence-electron chi connectivity index (χ1n) is 10.6. The SMILES string of the molecule is COc1cc(/C=C/C(=O)Nc2nnc(C3CC(=O)N(c4ccc(F)cc4)C3)s2)cc(OC)c1OC. The van der Waals surface area contributed by atoms with Crippen LogP contribution in [0.25, 0.3) is 6.08 Å². The molecule has 0 radical (unpaired) electrons. The minimum atomic E-state index is -0.392. The molecule has 2 aromatic carbocycles. The van der Waals surface area contributed by atoms with Crippen molar-refractivity contribution in [2.45, 2.75) is 12.3 Å². The van der Waals surface area contributed by atoms with E-state index in [-0.39, 0.29) is 24.1 Å². The highest BCUT2D eigenvalue weighted by Crippen LogP contribution is 2.38. The van der Waals surface area contributed by atoms with Gasteiger partial charge in [-0.15, -0.1) is 10.2 Å². The average Bonchev–Trinajstić information content (AvgIpc) is 3.48. The van der Waals surface area contributed by atoms with Crippen molar-refractivity contribution < 1.29 is 28.2 Å². The number of ether oxygens (including phenoxy) is 3. The van der Waals surface area contributed by atoms with Gasteiger partial charge in [-0.1, -0.05) is 11.3 Å². The highest BCUT2D eigenvalue weighted by atomic mass is 32.1. The number of amides is 2. The maximum Gasteiger partial charge on any atom is 0.250 e. The van der Waals surface area contributed by atoms with E-state index in [2.05, 4.69) is 15.5 Å². The number of benzene rings is 2. The van der Waals surface area contributed by atoms with Crippen LogP contribution in [-0.4, -0.2) is 49.9 Å². The lowest BCUT2D eigenvalue weighted by atomic mass is 10.1. The van der Waals surface area contributed by atoms with Crippen molar-refractivity contribution in [3.05, 3.63) is 58.9 Å². The Kier molecular flexibility index (Phi) is 7.25. The summed E-state index contributed by atoms with van der Waals surface area (Å²) in [7, 11) is 4.55. The van der Waals surface area contributed by atoms with E-state index in [1.807, 2.05) is 0 Å². The van der Waals surface area contributed by atoms with Gasteiger partial charge in [0.25, 0.3) is 0 Å². The van der Waals surface area contributed by atoms with Crippen LogP contribution in [-0.2, 0) is 9.59 Å². The van der Waals surface area contributed by atoms with Crippen molar-refractivity contribution in [1.29, 1.82) is 0 Å². The predicted octanol–water partition coefficient (Wildman–Crippen LogP) is 3.88. The molecule has 3 aromatic rings. The minimum absolute atomic E-state index is 0.0734. The molecule has 182 valence electrons. The number of aromatic nitrogens is 2. The molecule has 9 nitrogen and oxygen atoms in total. The van der Waals surface area contributed by atoms with Crippen LogP contribution in [0.4, 0.5) is 15.2 Å². The summed E-state index contributed by atoms with van der Waals surface area (Å²) in [6.07, 6.45) is 3.23. The second-order valence-electron chi connectivity index (χ2n) is 7.61. The zero-order valence-corrected chi connectivity index (χ0v) is 20.1. The summed E-state index contributed by atoms with van der Waals surface area (Å²) in [5, 5.41) is 11.8. The molecule has 2 heterocycles. The molecule has 0 saturated carbocycles. The Hall–Kier alpha value is -3.99. The third-order valence-electron chi connectivity index (χ3n) is 5.40. The highest BCUT2D eigenvalue weighted by Gasteiger charge is 2.34. The molecule has 1 atom stereocenters. The molecule has 1 aliphatic heterocycles. The smallest absolute Gasteiger partial charge is 0.250 e. The summed E-state index contributed by atoms with van der Waals surface area (Å²) in [5.41, 5.74) is 1.31. The van der Waals surface area contributed by atoms with Crippen LogP contribution in [0.1, 0.15) is 22.9 Å². The number of hydrogen-bond acceptors (Lipinski definition) is 8. The number of methoxy groups -OCH3 is 3. The van der Waals surface area contributed by atoms with Gasteiger partial charge < -0.3 is 19.1 Å². The number of halogens is 1. The van der Waals surface area contributed by atoms with Gasteiger partial charge in [-0.25, -0.2) is 4.39 Å². The number of nitrogens with zero attached hydrogens (tertiary/aromatic N) is 3. The van der Waals surface area contributed by atoms with Crippen molar-refractivity contribution in [2.75, 3.05) is 38.1 Å². The van der Waals surface area contributed by atoms with Crippen LogP contribution >= 0.6 is 11.3 Å². The molecule has 1 unspecified atom stereocenters. The summed E-state index contributed by atoms with van der Waals surface area (Å²) in [5.74, 6) is 0.420. The molecule has 1 aliphatic rings. The van der Waals surface area contributed by atoms with Gasteiger partial charge in [-0.2, -0.15) is 0 Å². The largest absolute Gasteiger partial charge is 0.493 e. The van der Waals surface area contributed by atoms with Crippen molar-refractivity contribution >= 4 is 40.0 Å². The Morgan fingerprint density at radius 1 is 1.11 bits per heavy atom. The molecule has 0 spiro atoms. The summed E-state index contributed by atoms with van der Waals surface area (Å²) < 4.78 is 29.1. The Balaban J connectivity index is 1.40. The third kappa shape index (κ3) is 5.40. The van der Waals surface area contributed by atoms with E-state index in [9.17, 15) is 14.0 Å². The highest BCUT2D eigenvalue weighted by molar-refractivity contribution is 7.15. The van der Waals surface area contributed by atoms with Gasteiger partial charge >= 0.3 is 0 Å². The fourth-order valence-corrected chi connectivity index (χ4v) is 4.55. The zero-order chi connectivity index (χ0) is 24.9. The minimum Gasteiger partial charge on any atom is -0.493 e. The number of rotatable bonds is 8. The van der Waals surface area contributed by atoms with Crippen LogP contribution < -0.4 is 24.4 Å². The topological polar surface area (TPSA) is 103 Å². The molecule has 11 heteroatoms. The summed E-state index contributed by atoms with van der Waals surface area (Å²) in [6, 6.07) is 9.22. The summed E-state index contributed by atoms with van der Waals surface area (Å²) >= 11 is 1.22. The van der Waals surface area contributed by atoms with E-state index in [4.69, 9.17) is 14.2 Å². The normalized spacial score (nSPS) is 15.5. The predicted molar refractivity (Wildman–Crippen MR) is 130 cm³/mol. The van der Waals surface area contributed by atoms with Crippen molar-refractivity contribution in [3.63, 3.8) is 0 Å². The van der Waals surface area contributed by atoms with Crippen molar-refractivity contribution in [2.24, 2.45) is 0 Å². The molecular formula is C24H23FN4O5S. The quantitative estimate of drug-likeness (QED) is 0.470. The molecule has 0 bridgehead atoms. The summed E-state index contributed by atoms with van der Waals surface area (Å²) in [6.45, 7) is 0.411. The van der Waals surface area contributed by atoms with Gasteiger partial charge in [0, 0.05) is 30.6 Å². The lowest BCUT2D eigenvalue weighted by molar-refractivity contribution is -0.117. The first-order chi connectivity index (χ1) is 16.9. The van der Waals surface area contributed by atoms with E-state index >= 15 is 0 Å². The van der Waals surface area contributed by atoms with E-state index in [0.717, 1.165) is 0 Å². The van der Waals surface area contributed by atoms with Crippen LogP contribution in [0.2, 0.25) is 0 Å². The van der Waals surface area contributed by atoms with E-state index in [1.54, 1.807) is 35.2 Å². The molecule has 1 fully saturated rings. The molecule has 1 aromatic heterocycles. The van der Waals surface area contributed by atoms with Crippen molar-refractivity contribution in [1.82, 2.24) is 10.2 Å². The second-order valence-corrected chi connectivity index (χ2v) is 8.62. The lowest BCUT2D eigenvalue weighted by Crippen LogP contribution is -2.24. The van der Waals surface area contributed by atoms with Crippen LogP contribution in [0.15, 0.2) is 42.5 Å². The average molecular weight is 499 g/mol. The van der Waals surface area contributed by atoms with Gasteiger partial charge in [0.05, 0.1) is 21.3 Å². The molecule has 35 heavy (non-hydrogen) atoms. The first-order valence-corrected chi connectivity index (χ1v) is 11.4. The second kappa shape index (κ2) is 10.5. The molecule has 2 amide bonds. The lowest BCUT2D eigenvalue weighted by Gasteiger charge is -2.16. The van der Waals surface area contributed by atoms with E-state index in [1.165, 1.54) is 50.9 Å². The maximum absolute atomic E-state index is 13.2. The Labute approximate surface area is 205 Å². The van der Waals surface area contributed by atoms with Crippen LogP contribution in [0, 0.1) is 5.82 Å². The maximum atomic E-state index is 13.2. The number of carbonyl (C=O) groups excluding carboxylic acids is 2. The fourth-order valence-electron chi connectivity index (χ4n) is 3.71. The van der Waals surface area contributed by atoms with Gasteiger partial charge in [0.1, 0.15) is 10.8 Å². The molecular weight excluding hydrogens is 475 g/mol. The molecule has 1 N–H and O–H groups in total. The number of carbonyl (C=O) groups is 2. The van der Waals surface area contributed by atoms with Gasteiger partial charge in [-0.05, 0) is 48.0 Å². The zero-order valence-electron chi connectivity index (χ0n) is 19.3. The van der Waals surface area contributed by atoms with Crippen LogP contribution in [0.3, 0.4) is 0 Å². The Morgan fingerprint density at radius 3 is 2.43 bits per heavy atom. The molecule has 4 rings (SSSR count). The van der Waals surface area contributed by atoms with E-state index in [0.29, 0.717) is 45.2 Å². The Bertz CT molecular complexity index is 1240. The van der Waals surface area contributed by atoms with E-state index < -0.39 is 5.91 Å². The van der Waals surface area contributed by atoms with Gasteiger partial charge in [0.2, 0.25) is 22.7 Å². The van der Waals surface area contributed by atoms with Crippen molar-refractivity contribution in [3.8, 4) is 17.2 Å². The molecule has 0 aliphatic carbocycles. The number of anilines is 2. The molecule has 1 saturated heterocycles. The third-order valence-corrected chi connectivity index (χ3v) is 6.40. The Morgan fingerprint density at radius 2 is 1.80 bits per heavy atom. The summed E-state index contributed by atoms with van der Waals surface area (Å²) in [4.78, 5) is 26.5. The van der Waals surface area contributed by atoms with Gasteiger partial charge in [-0.3, -0.25) is 14.9 Å². The number of nitrogens with one attached hydrogen (secondary N) is 1. The van der Waals surface area contributed by atoms with Crippen LogP contribution in [0.5, 0.6) is 17.2 Å².